The quantitative estimate of drug-likeness (QED) is 0.588. The Balaban J connectivity index is 1.67. The van der Waals surface area contributed by atoms with E-state index in [9.17, 15) is 4.79 Å². The van der Waals surface area contributed by atoms with Gasteiger partial charge in [0, 0.05) is 17.3 Å². The molecule has 0 aliphatic carbocycles. The molecule has 1 heterocycles. The van der Waals surface area contributed by atoms with Crippen molar-refractivity contribution < 1.29 is 19.5 Å². The third-order valence-electron chi connectivity index (χ3n) is 3.85. The third-order valence-corrected chi connectivity index (χ3v) is 4.10. The first-order chi connectivity index (χ1) is 13.0. The summed E-state index contributed by atoms with van der Waals surface area (Å²) in [5, 5.41) is 13.7. The van der Waals surface area contributed by atoms with Crippen molar-refractivity contribution in [2.24, 2.45) is 0 Å². The lowest BCUT2D eigenvalue weighted by atomic mass is 10.0. The maximum atomic E-state index is 10.6. The fourth-order valence-corrected chi connectivity index (χ4v) is 2.66. The van der Waals surface area contributed by atoms with E-state index < -0.39 is 12.2 Å². The molecule has 3 aromatic rings. The Morgan fingerprint density at radius 3 is 2.70 bits per heavy atom. The summed E-state index contributed by atoms with van der Waals surface area (Å²) in [7, 11) is 0. The highest BCUT2D eigenvalue weighted by Crippen LogP contribution is 2.22. The van der Waals surface area contributed by atoms with Gasteiger partial charge in [-0.1, -0.05) is 35.9 Å². The summed E-state index contributed by atoms with van der Waals surface area (Å²) in [6.07, 6.45) is 0.0864. The smallest absolute Gasteiger partial charge is 0.428 e. The molecule has 0 saturated carbocycles. The number of hydroxylamine groups is 1. The highest BCUT2D eigenvalue weighted by Gasteiger charge is 2.13. The van der Waals surface area contributed by atoms with Gasteiger partial charge >= 0.3 is 6.09 Å². The number of nitrogens with zero attached hydrogens (tertiary/aromatic N) is 2. The number of nitrogens with one attached hydrogen (secondary N) is 1. The molecule has 0 fully saturated rings. The van der Waals surface area contributed by atoms with Crippen LogP contribution in [0.5, 0.6) is 5.88 Å². The van der Waals surface area contributed by atoms with Crippen LogP contribution in [0, 0.1) is 0 Å². The predicted molar refractivity (Wildman–Crippen MR) is 100 cm³/mol. The second-order valence-electron chi connectivity index (χ2n) is 5.73. The van der Waals surface area contributed by atoms with Crippen LogP contribution in [0.25, 0.3) is 5.69 Å². The third kappa shape index (κ3) is 4.99. The van der Waals surface area contributed by atoms with Crippen LogP contribution >= 0.6 is 11.6 Å². The van der Waals surface area contributed by atoms with Gasteiger partial charge in [-0.05, 0) is 42.3 Å². The Morgan fingerprint density at radius 2 is 1.96 bits per heavy atom. The lowest BCUT2D eigenvalue weighted by Crippen LogP contribution is -2.23. The first kappa shape index (κ1) is 18.8. The summed E-state index contributed by atoms with van der Waals surface area (Å²) < 4.78 is 7.48. The first-order valence-electron chi connectivity index (χ1n) is 8.20. The average molecular weight is 388 g/mol. The lowest BCUT2D eigenvalue weighted by Gasteiger charge is -2.16. The molecule has 27 heavy (non-hydrogen) atoms. The van der Waals surface area contributed by atoms with Crippen LogP contribution in [0.1, 0.15) is 24.2 Å². The molecule has 0 aliphatic heterocycles. The second kappa shape index (κ2) is 8.57. The van der Waals surface area contributed by atoms with E-state index in [0.29, 0.717) is 10.9 Å². The van der Waals surface area contributed by atoms with Crippen molar-refractivity contribution in [3.8, 4) is 11.6 Å². The number of amides is 1. The number of halogens is 1. The molecule has 7 nitrogen and oxygen atoms in total. The summed E-state index contributed by atoms with van der Waals surface area (Å²) in [5.41, 5.74) is 4.49. The molecule has 1 atom stereocenters. The van der Waals surface area contributed by atoms with Gasteiger partial charge in [-0.2, -0.15) is 5.48 Å². The normalized spacial score (nSPS) is 11.8. The zero-order valence-corrected chi connectivity index (χ0v) is 15.3. The standard InChI is InChI=1S/C19H18ClN3O4/c1-13(27-22-19(24)25)17-5-3-2-4-14(17)12-26-18-10-11-23(21-18)16-8-6-15(20)7-9-16/h2-11,13,22H,12H2,1H3,(H,24,25). The Morgan fingerprint density at radius 1 is 1.22 bits per heavy atom. The van der Waals surface area contributed by atoms with Gasteiger partial charge in [-0.15, -0.1) is 5.10 Å². The Labute approximate surface area is 161 Å². The number of hydrogen-bond acceptors (Lipinski definition) is 4. The van der Waals surface area contributed by atoms with Crippen LogP contribution in [0.15, 0.2) is 60.8 Å². The fourth-order valence-electron chi connectivity index (χ4n) is 2.54. The van der Waals surface area contributed by atoms with Gasteiger partial charge in [-0.25, -0.2) is 9.48 Å². The molecule has 1 amide bonds. The van der Waals surface area contributed by atoms with Crippen LogP contribution in [0.2, 0.25) is 5.02 Å². The second-order valence-corrected chi connectivity index (χ2v) is 6.17. The van der Waals surface area contributed by atoms with E-state index in [2.05, 4.69) is 5.10 Å². The van der Waals surface area contributed by atoms with Crippen LogP contribution in [-0.2, 0) is 11.4 Å². The van der Waals surface area contributed by atoms with E-state index in [4.69, 9.17) is 26.3 Å². The molecule has 3 rings (SSSR count). The number of benzene rings is 2. The minimum atomic E-state index is -1.25. The van der Waals surface area contributed by atoms with Gasteiger partial charge in [0.15, 0.2) is 0 Å². The van der Waals surface area contributed by atoms with Gasteiger partial charge in [0.2, 0.25) is 5.88 Å². The highest BCUT2D eigenvalue weighted by molar-refractivity contribution is 6.30. The van der Waals surface area contributed by atoms with Crippen LogP contribution < -0.4 is 10.2 Å². The molecule has 1 unspecified atom stereocenters. The minimum absolute atomic E-state index is 0.272. The van der Waals surface area contributed by atoms with E-state index in [1.807, 2.05) is 41.9 Å². The minimum Gasteiger partial charge on any atom is -0.472 e. The molecule has 0 aliphatic rings. The van der Waals surface area contributed by atoms with Crippen molar-refractivity contribution in [3.05, 3.63) is 76.9 Å². The zero-order chi connectivity index (χ0) is 19.2. The van der Waals surface area contributed by atoms with E-state index in [-0.39, 0.29) is 6.61 Å². The summed E-state index contributed by atoms with van der Waals surface area (Å²) >= 11 is 5.90. The molecule has 0 bridgehead atoms. The summed E-state index contributed by atoms with van der Waals surface area (Å²) in [4.78, 5) is 15.7. The molecule has 0 radical (unpaired) electrons. The molecular formula is C19H18ClN3O4. The van der Waals surface area contributed by atoms with Gasteiger partial charge in [0.25, 0.3) is 0 Å². The van der Waals surface area contributed by atoms with Gasteiger partial charge in [0.1, 0.15) is 12.7 Å². The Hall–Kier alpha value is -3.03. The largest absolute Gasteiger partial charge is 0.472 e. The average Bonchev–Trinajstić information content (AvgIpc) is 3.14. The number of rotatable bonds is 7. The van der Waals surface area contributed by atoms with Gasteiger partial charge in [0.05, 0.1) is 5.69 Å². The molecule has 0 spiro atoms. The molecule has 2 N–H and O–H groups in total. The monoisotopic (exact) mass is 387 g/mol. The van der Waals surface area contributed by atoms with E-state index in [0.717, 1.165) is 16.8 Å². The molecule has 0 saturated heterocycles. The van der Waals surface area contributed by atoms with Crippen molar-refractivity contribution in [1.29, 1.82) is 0 Å². The number of carbonyl (C=O) groups is 1. The fraction of sp³-hybridized carbons (Fsp3) is 0.158. The molecule has 1 aromatic heterocycles. The van der Waals surface area contributed by atoms with Crippen LogP contribution in [-0.4, -0.2) is 21.0 Å². The van der Waals surface area contributed by atoms with E-state index in [1.54, 1.807) is 36.0 Å². The maximum Gasteiger partial charge on any atom is 0.428 e. The summed E-state index contributed by atoms with van der Waals surface area (Å²) in [5.74, 6) is 0.469. The SMILES string of the molecule is CC(ONC(=O)O)c1ccccc1COc1ccn(-c2ccc(Cl)cc2)n1. The van der Waals surface area contributed by atoms with Crippen LogP contribution in [0.4, 0.5) is 4.79 Å². The number of carboxylic acid groups (broad SMARTS) is 1. The molecule has 140 valence electrons. The Bertz CT molecular complexity index is 911. The van der Waals surface area contributed by atoms with Crippen molar-refractivity contribution in [2.45, 2.75) is 19.6 Å². The van der Waals surface area contributed by atoms with Crippen molar-refractivity contribution in [2.75, 3.05) is 0 Å². The van der Waals surface area contributed by atoms with Gasteiger partial charge < -0.3 is 9.84 Å². The molecule has 2 aromatic carbocycles. The maximum absolute atomic E-state index is 10.6. The van der Waals surface area contributed by atoms with Crippen molar-refractivity contribution in [1.82, 2.24) is 15.3 Å². The number of aromatic nitrogens is 2. The van der Waals surface area contributed by atoms with Crippen molar-refractivity contribution >= 4 is 17.7 Å². The van der Waals surface area contributed by atoms with Gasteiger partial charge in [-0.3, -0.25) is 4.84 Å². The zero-order valence-electron chi connectivity index (χ0n) is 14.5. The topological polar surface area (TPSA) is 85.6 Å². The van der Waals surface area contributed by atoms with E-state index >= 15 is 0 Å². The first-order valence-corrected chi connectivity index (χ1v) is 8.57. The summed E-state index contributed by atoms with van der Waals surface area (Å²) in [6.45, 7) is 2.03. The Kier molecular flexibility index (Phi) is 5.95. The molecule has 8 heteroatoms. The van der Waals surface area contributed by atoms with Crippen molar-refractivity contribution in [3.63, 3.8) is 0 Å². The molecular weight excluding hydrogens is 370 g/mol. The predicted octanol–water partition coefficient (Wildman–Crippen LogP) is 4.36. The highest BCUT2D eigenvalue weighted by atomic mass is 35.5. The van der Waals surface area contributed by atoms with Crippen LogP contribution in [0.3, 0.4) is 0 Å². The lowest BCUT2D eigenvalue weighted by molar-refractivity contribution is -0.00866. The van der Waals surface area contributed by atoms with E-state index in [1.165, 1.54) is 0 Å². The number of hydrogen-bond donors (Lipinski definition) is 2. The number of ether oxygens (including phenoxy) is 1. The summed E-state index contributed by atoms with van der Waals surface area (Å²) in [6, 6.07) is 16.6.